The van der Waals surface area contributed by atoms with Crippen molar-refractivity contribution in [1.29, 1.82) is 0 Å². The molecule has 0 amide bonds. The van der Waals surface area contributed by atoms with E-state index in [9.17, 15) is 0 Å². The van der Waals surface area contributed by atoms with Crippen LogP contribution in [0.4, 0.5) is 0 Å². The van der Waals surface area contributed by atoms with Crippen LogP contribution in [0, 0.1) is 0 Å². The number of aromatic nitrogens is 1. The second-order valence-corrected chi connectivity index (χ2v) is 4.44. The van der Waals surface area contributed by atoms with E-state index < -0.39 is 0 Å². The minimum Gasteiger partial charge on any atom is -0.324 e. The number of nitrogens with zero attached hydrogens (tertiary/aromatic N) is 1. The topological polar surface area (TPSA) is 38.9 Å². The van der Waals surface area contributed by atoms with E-state index in [0.717, 1.165) is 18.4 Å². The summed E-state index contributed by atoms with van der Waals surface area (Å²) in [6.45, 7) is 0. The van der Waals surface area contributed by atoms with Gasteiger partial charge < -0.3 is 5.73 Å². The van der Waals surface area contributed by atoms with Crippen molar-refractivity contribution in [3.05, 3.63) is 64.9 Å². The van der Waals surface area contributed by atoms with Gasteiger partial charge in [0.15, 0.2) is 0 Å². The molecule has 0 aliphatic rings. The van der Waals surface area contributed by atoms with Gasteiger partial charge in [0.25, 0.3) is 0 Å². The fourth-order valence-electron chi connectivity index (χ4n) is 1.81. The summed E-state index contributed by atoms with van der Waals surface area (Å²) in [4.78, 5) is 3.96. The van der Waals surface area contributed by atoms with Crippen molar-refractivity contribution in [1.82, 2.24) is 4.98 Å². The van der Waals surface area contributed by atoms with Gasteiger partial charge in [-0.2, -0.15) is 0 Å². The molecule has 0 saturated carbocycles. The third-order valence-corrected chi connectivity index (χ3v) is 3.11. The second-order valence-electron chi connectivity index (χ2n) is 4.03. The molecule has 0 aliphatic heterocycles. The van der Waals surface area contributed by atoms with E-state index in [1.54, 1.807) is 12.4 Å². The van der Waals surface area contributed by atoms with Crippen LogP contribution < -0.4 is 5.73 Å². The van der Waals surface area contributed by atoms with Crippen LogP contribution in [0.2, 0.25) is 5.02 Å². The monoisotopic (exact) mass is 246 g/mol. The molecular formula is C14H15ClN2. The van der Waals surface area contributed by atoms with Crippen molar-refractivity contribution < 1.29 is 0 Å². The Bertz CT molecular complexity index is 471. The van der Waals surface area contributed by atoms with Crippen LogP contribution in [-0.4, -0.2) is 4.98 Å². The first kappa shape index (κ1) is 12.1. The van der Waals surface area contributed by atoms with E-state index in [4.69, 9.17) is 17.3 Å². The summed E-state index contributed by atoms with van der Waals surface area (Å²) in [5, 5.41) is 0.646. The average molecular weight is 247 g/mol. The predicted molar refractivity (Wildman–Crippen MR) is 70.9 cm³/mol. The first-order chi connectivity index (χ1) is 8.27. The highest BCUT2D eigenvalue weighted by molar-refractivity contribution is 6.31. The number of hydrogen-bond acceptors (Lipinski definition) is 2. The number of benzene rings is 1. The first-order valence-corrected chi connectivity index (χ1v) is 6.04. The largest absolute Gasteiger partial charge is 0.324 e. The van der Waals surface area contributed by atoms with Crippen LogP contribution in [-0.2, 0) is 6.42 Å². The molecule has 2 nitrogen and oxygen atoms in total. The molecule has 0 saturated heterocycles. The Morgan fingerprint density at radius 2 is 1.94 bits per heavy atom. The molecule has 0 fully saturated rings. The average Bonchev–Trinajstić information content (AvgIpc) is 2.38. The van der Waals surface area contributed by atoms with Crippen molar-refractivity contribution in [3.8, 4) is 0 Å². The maximum atomic E-state index is 6.13. The number of aryl methyl sites for hydroxylation is 1. The number of hydrogen-bond donors (Lipinski definition) is 1. The Hall–Kier alpha value is -1.38. The Labute approximate surface area is 106 Å². The Morgan fingerprint density at radius 3 is 2.65 bits per heavy atom. The van der Waals surface area contributed by atoms with E-state index >= 15 is 0 Å². The van der Waals surface area contributed by atoms with Crippen LogP contribution in [0.15, 0.2) is 48.8 Å². The van der Waals surface area contributed by atoms with Gasteiger partial charge in [0.05, 0.1) is 5.02 Å². The molecule has 3 heteroatoms. The van der Waals surface area contributed by atoms with Gasteiger partial charge in [-0.25, -0.2) is 0 Å². The van der Waals surface area contributed by atoms with Gasteiger partial charge in [-0.05, 0) is 30.0 Å². The summed E-state index contributed by atoms with van der Waals surface area (Å²) in [5.41, 5.74) is 8.40. The summed E-state index contributed by atoms with van der Waals surface area (Å²) >= 11 is 6.06. The molecule has 2 aromatic rings. The Morgan fingerprint density at radius 1 is 1.18 bits per heavy atom. The highest BCUT2D eigenvalue weighted by Gasteiger charge is 2.09. The second kappa shape index (κ2) is 5.80. The molecule has 0 spiro atoms. The minimum atomic E-state index is -0.0364. The fourth-order valence-corrected chi connectivity index (χ4v) is 2.07. The minimum absolute atomic E-state index is 0.0364. The third kappa shape index (κ3) is 3.29. The van der Waals surface area contributed by atoms with Crippen LogP contribution >= 0.6 is 11.6 Å². The lowest BCUT2D eigenvalue weighted by Crippen LogP contribution is -2.12. The molecule has 1 heterocycles. The lowest BCUT2D eigenvalue weighted by molar-refractivity contribution is 0.650. The van der Waals surface area contributed by atoms with E-state index in [0.29, 0.717) is 5.02 Å². The molecule has 0 bridgehead atoms. The lowest BCUT2D eigenvalue weighted by Gasteiger charge is -2.13. The molecule has 1 unspecified atom stereocenters. The summed E-state index contributed by atoms with van der Waals surface area (Å²) in [6.07, 6.45) is 5.21. The lowest BCUT2D eigenvalue weighted by atomic mass is 10.0. The molecule has 1 aromatic heterocycles. The van der Waals surface area contributed by atoms with Crippen molar-refractivity contribution in [2.45, 2.75) is 18.9 Å². The molecule has 2 rings (SSSR count). The van der Waals surface area contributed by atoms with E-state index in [-0.39, 0.29) is 6.04 Å². The van der Waals surface area contributed by atoms with Gasteiger partial charge in [-0.3, -0.25) is 4.98 Å². The van der Waals surface area contributed by atoms with Gasteiger partial charge >= 0.3 is 0 Å². The highest BCUT2D eigenvalue weighted by atomic mass is 35.5. The third-order valence-electron chi connectivity index (χ3n) is 2.79. The van der Waals surface area contributed by atoms with E-state index in [1.165, 1.54) is 5.56 Å². The van der Waals surface area contributed by atoms with Crippen molar-refractivity contribution >= 4 is 11.6 Å². The van der Waals surface area contributed by atoms with Gasteiger partial charge in [-0.1, -0.05) is 41.9 Å². The zero-order chi connectivity index (χ0) is 12.1. The smallest absolute Gasteiger partial charge is 0.0637 e. The fraction of sp³-hybridized carbons (Fsp3) is 0.214. The molecule has 88 valence electrons. The molecule has 17 heavy (non-hydrogen) atoms. The van der Waals surface area contributed by atoms with Crippen molar-refractivity contribution in [2.24, 2.45) is 5.73 Å². The van der Waals surface area contributed by atoms with Crippen molar-refractivity contribution in [3.63, 3.8) is 0 Å². The molecule has 2 N–H and O–H groups in total. The van der Waals surface area contributed by atoms with E-state index in [1.807, 2.05) is 24.3 Å². The summed E-state index contributed by atoms with van der Waals surface area (Å²) in [7, 11) is 0. The molecular weight excluding hydrogens is 232 g/mol. The normalized spacial score (nSPS) is 12.4. The first-order valence-electron chi connectivity index (χ1n) is 5.66. The van der Waals surface area contributed by atoms with Gasteiger partial charge in [0, 0.05) is 18.4 Å². The van der Waals surface area contributed by atoms with Crippen molar-refractivity contribution in [2.75, 3.05) is 0 Å². The molecule has 0 radical (unpaired) electrons. The van der Waals surface area contributed by atoms with E-state index in [2.05, 4.69) is 17.1 Å². The number of halogens is 1. The quantitative estimate of drug-likeness (QED) is 0.898. The number of nitrogens with two attached hydrogens (primary N) is 1. The molecule has 1 aromatic carbocycles. The van der Waals surface area contributed by atoms with Crippen LogP contribution in [0.5, 0.6) is 0 Å². The maximum Gasteiger partial charge on any atom is 0.0637 e. The Kier molecular flexibility index (Phi) is 4.13. The maximum absolute atomic E-state index is 6.13. The van der Waals surface area contributed by atoms with Crippen LogP contribution in [0.3, 0.4) is 0 Å². The molecule has 0 aliphatic carbocycles. The summed E-state index contributed by atoms with van der Waals surface area (Å²) < 4.78 is 0. The highest BCUT2D eigenvalue weighted by Crippen LogP contribution is 2.23. The predicted octanol–water partition coefficient (Wildman–Crippen LogP) is 3.37. The number of pyridine rings is 1. The standard InChI is InChI=1S/C14H15ClN2/c15-13-10-17-9-8-12(13)14(16)7-6-11-4-2-1-3-5-11/h1-5,8-10,14H,6-7,16H2. The SMILES string of the molecule is NC(CCc1ccccc1)c1ccncc1Cl. The number of rotatable bonds is 4. The van der Waals surface area contributed by atoms with Gasteiger partial charge in [0.1, 0.15) is 0 Å². The zero-order valence-electron chi connectivity index (χ0n) is 9.51. The zero-order valence-corrected chi connectivity index (χ0v) is 10.3. The summed E-state index contributed by atoms with van der Waals surface area (Å²) in [5.74, 6) is 0. The molecule has 1 atom stereocenters. The van der Waals surface area contributed by atoms with Crippen LogP contribution in [0.1, 0.15) is 23.6 Å². The van der Waals surface area contributed by atoms with Crippen LogP contribution in [0.25, 0.3) is 0 Å². The Balaban J connectivity index is 1.99. The summed E-state index contributed by atoms with van der Waals surface area (Å²) in [6, 6.07) is 12.2. The van der Waals surface area contributed by atoms with Gasteiger partial charge in [-0.15, -0.1) is 0 Å². The van der Waals surface area contributed by atoms with Gasteiger partial charge in [0.2, 0.25) is 0 Å².